The summed E-state index contributed by atoms with van der Waals surface area (Å²) in [6.07, 6.45) is 0. The fourth-order valence-electron chi connectivity index (χ4n) is 1.64. The van der Waals surface area contributed by atoms with Gasteiger partial charge in [-0.25, -0.2) is 0 Å². The SMILES string of the molecule is N#CC1CNCC1c1cc(Br)cs1. The number of nitrogens with one attached hydrogen (secondary N) is 1. The lowest BCUT2D eigenvalue weighted by Gasteiger charge is -2.08. The molecule has 13 heavy (non-hydrogen) atoms. The molecule has 0 spiro atoms. The fourth-order valence-corrected chi connectivity index (χ4v) is 3.25. The highest BCUT2D eigenvalue weighted by Crippen LogP contribution is 2.33. The number of thiophene rings is 1. The van der Waals surface area contributed by atoms with Crippen molar-refractivity contribution in [3.8, 4) is 6.07 Å². The molecule has 0 aromatic carbocycles. The van der Waals surface area contributed by atoms with Crippen molar-refractivity contribution in [3.63, 3.8) is 0 Å². The Bertz CT molecular complexity index is 342. The molecule has 4 heteroatoms. The van der Waals surface area contributed by atoms with Crippen molar-refractivity contribution in [2.24, 2.45) is 5.92 Å². The van der Waals surface area contributed by atoms with Gasteiger partial charge >= 0.3 is 0 Å². The predicted molar refractivity (Wildman–Crippen MR) is 56.7 cm³/mol. The van der Waals surface area contributed by atoms with Gasteiger partial charge in [0, 0.05) is 33.7 Å². The van der Waals surface area contributed by atoms with Crippen LogP contribution in [0.2, 0.25) is 0 Å². The van der Waals surface area contributed by atoms with Gasteiger partial charge < -0.3 is 5.32 Å². The topological polar surface area (TPSA) is 35.8 Å². The molecule has 1 aromatic rings. The molecule has 2 unspecified atom stereocenters. The molecule has 1 N–H and O–H groups in total. The van der Waals surface area contributed by atoms with Crippen molar-refractivity contribution in [1.82, 2.24) is 5.32 Å². The van der Waals surface area contributed by atoms with Crippen molar-refractivity contribution in [2.75, 3.05) is 13.1 Å². The van der Waals surface area contributed by atoms with E-state index in [0.717, 1.165) is 17.6 Å². The smallest absolute Gasteiger partial charge is 0.0676 e. The summed E-state index contributed by atoms with van der Waals surface area (Å²) >= 11 is 5.16. The Morgan fingerprint density at radius 2 is 2.46 bits per heavy atom. The minimum Gasteiger partial charge on any atom is -0.315 e. The Labute approximate surface area is 89.7 Å². The number of hydrogen-bond donors (Lipinski definition) is 1. The zero-order valence-corrected chi connectivity index (χ0v) is 9.36. The lowest BCUT2D eigenvalue weighted by molar-refractivity contribution is 0.656. The molecule has 0 bridgehead atoms. The summed E-state index contributed by atoms with van der Waals surface area (Å²) in [5.74, 6) is 0.534. The number of nitrogens with zero attached hydrogens (tertiary/aromatic N) is 1. The van der Waals surface area contributed by atoms with Gasteiger partial charge in [-0.05, 0) is 22.0 Å². The second-order valence-electron chi connectivity index (χ2n) is 3.17. The van der Waals surface area contributed by atoms with Crippen LogP contribution in [0, 0.1) is 17.2 Å². The molecule has 2 rings (SSSR count). The minimum atomic E-state index is 0.144. The zero-order valence-electron chi connectivity index (χ0n) is 6.96. The Morgan fingerprint density at radius 1 is 1.62 bits per heavy atom. The van der Waals surface area contributed by atoms with E-state index in [1.54, 1.807) is 11.3 Å². The van der Waals surface area contributed by atoms with Crippen molar-refractivity contribution in [2.45, 2.75) is 5.92 Å². The summed E-state index contributed by atoms with van der Waals surface area (Å²) in [6, 6.07) is 4.47. The van der Waals surface area contributed by atoms with E-state index in [4.69, 9.17) is 5.26 Å². The second kappa shape index (κ2) is 3.79. The van der Waals surface area contributed by atoms with Crippen molar-refractivity contribution < 1.29 is 0 Å². The molecular weight excluding hydrogens is 248 g/mol. The molecule has 2 nitrogen and oxygen atoms in total. The van der Waals surface area contributed by atoms with Crippen LogP contribution in [0.5, 0.6) is 0 Å². The van der Waals surface area contributed by atoms with Crippen LogP contribution in [0.15, 0.2) is 15.9 Å². The molecular formula is C9H9BrN2S. The summed E-state index contributed by atoms with van der Waals surface area (Å²) in [4.78, 5) is 1.31. The molecule has 0 aliphatic carbocycles. The van der Waals surface area contributed by atoms with Crippen LogP contribution in [0.25, 0.3) is 0 Å². The van der Waals surface area contributed by atoms with Crippen LogP contribution in [-0.4, -0.2) is 13.1 Å². The third-order valence-corrected chi connectivity index (χ3v) is 4.16. The van der Waals surface area contributed by atoms with Crippen LogP contribution >= 0.6 is 27.3 Å². The summed E-state index contributed by atoms with van der Waals surface area (Å²) in [7, 11) is 0. The highest BCUT2D eigenvalue weighted by atomic mass is 79.9. The van der Waals surface area contributed by atoms with Crippen LogP contribution in [0.1, 0.15) is 10.8 Å². The Hall–Kier alpha value is -0.370. The fraction of sp³-hybridized carbons (Fsp3) is 0.444. The Balaban J connectivity index is 2.21. The average molecular weight is 257 g/mol. The third kappa shape index (κ3) is 1.78. The lowest BCUT2D eigenvalue weighted by atomic mass is 9.96. The molecule has 1 fully saturated rings. The molecule has 0 radical (unpaired) electrons. The van der Waals surface area contributed by atoms with Crippen LogP contribution in [-0.2, 0) is 0 Å². The van der Waals surface area contributed by atoms with E-state index >= 15 is 0 Å². The average Bonchev–Trinajstić information content (AvgIpc) is 2.71. The van der Waals surface area contributed by atoms with E-state index in [1.807, 2.05) is 0 Å². The minimum absolute atomic E-state index is 0.144. The van der Waals surface area contributed by atoms with Gasteiger partial charge in [-0.1, -0.05) is 0 Å². The second-order valence-corrected chi connectivity index (χ2v) is 5.03. The van der Waals surface area contributed by atoms with Gasteiger partial charge in [-0.15, -0.1) is 11.3 Å². The monoisotopic (exact) mass is 256 g/mol. The van der Waals surface area contributed by atoms with E-state index < -0.39 is 0 Å². The van der Waals surface area contributed by atoms with Crippen LogP contribution in [0.3, 0.4) is 0 Å². The molecule has 2 heterocycles. The highest BCUT2D eigenvalue weighted by Gasteiger charge is 2.29. The molecule has 1 aromatic heterocycles. The first-order valence-corrected chi connectivity index (χ1v) is 5.83. The number of halogens is 1. The van der Waals surface area contributed by atoms with Gasteiger partial charge in [0.05, 0.1) is 12.0 Å². The highest BCUT2D eigenvalue weighted by molar-refractivity contribution is 9.10. The van der Waals surface area contributed by atoms with Crippen molar-refractivity contribution in [3.05, 3.63) is 20.8 Å². The standard InChI is InChI=1S/C9H9BrN2S/c10-7-1-9(13-5-7)8-4-12-3-6(8)2-11/h1,5-6,8,12H,3-4H2. The van der Waals surface area contributed by atoms with E-state index in [-0.39, 0.29) is 5.92 Å². The maximum absolute atomic E-state index is 8.91. The van der Waals surface area contributed by atoms with Crippen molar-refractivity contribution in [1.29, 1.82) is 5.26 Å². The van der Waals surface area contributed by atoms with Crippen molar-refractivity contribution >= 4 is 27.3 Å². The number of nitriles is 1. The van der Waals surface area contributed by atoms with Gasteiger partial charge in [-0.2, -0.15) is 5.26 Å². The van der Waals surface area contributed by atoms with Crippen LogP contribution < -0.4 is 5.32 Å². The van der Waals surface area contributed by atoms with Gasteiger partial charge in [0.15, 0.2) is 0 Å². The zero-order chi connectivity index (χ0) is 9.26. The lowest BCUT2D eigenvalue weighted by Crippen LogP contribution is -2.07. The molecule has 1 saturated heterocycles. The quantitative estimate of drug-likeness (QED) is 0.838. The molecule has 1 aliphatic rings. The first-order valence-electron chi connectivity index (χ1n) is 4.15. The molecule has 0 amide bonds. The Kier molecular flexibility index (Phi) is 2.68. The van der Waals surface area contributed by atoms with Gasteiger partial charge in [0.25, 0.3) is 0 Å². The summed E-state index contributed by atoms with van der Waals surface area (Å²) < 4.78 is 1.12. The normalized spacial score (nSPS) is 27.4. The summed E-state index contributed by atoms with van der Waals surface area (Å²) in [5, 5.41) is 14.2. The van der Waals surface area contributed by atoms with E-state index in [9.17, 15) is 0 Å². The number of rotatable bonds is 1. The maximum Gasteiger partial charge on any atom is 0.0676 e. The predicted octanol–water partition coefficient (Wildman–Crippen LogP) is 2.34. The molecule has 68 valence electrons. The van der Waals surface area contributed by atoms with E-state index in [1.165, 1.54) is 4.88 Å². The molecule has 2 atom stereocenters. The first kappa shape index (κ1) is 9.20. The molecule has 0 saturated carbocycles. The number of hydrogen-bond acceptors (Lipinski definition) is 3. The maximum atomic E-state index is 8.91. The summed E-state index contributed by atoms with van der Waals surface area (Å²) in [5.41, 5.74) is 0. The van der Waals surface area contributed by atoms with E-state index in [0.29, 0.717) is 5.92 Å². The first-order chi connectivity index (χ1) is 6.31. The van der Waals surface area contributed by atoms with Gasteiger partial charge in [0.1, 0.15) is 0 Å². The third-order valence-electron chi connectivity index (χ3n) is 2.33. The van der Waals surface area contributed by atoms with Gasteiger partial charge in [-0.3, -0.25) is 0 Å². The molecule has 1 aliphatic heterocycles. The Morgan fingerprint density at radius 3 is 3.08 bits per heavy atom. The van der Waals surface area contributed by atoms with E-state index in [2.05, 4.69) is 38.8 Å². The summed E-state index contributed by atoms with van der Waals surface area (Å²) in [6.45, 7) is 1.77. The van der Waals surface area contributed by atoms with Gasteiger partial charge in [0.2, 0.25) is 0 Å². The largest absolute Gasteiger partial charge is 0.315 e. The van der Waals surface area contributed by atoms with Crippen LogP contribution in [0.4, 0.5) is 0 Å².